The highest BCUT2D eigenvalue weighted by Crippen LogP contribution is 2.36. The van der Waals surface area contributed by atoms with Crippen LogP contribution >= 0.6 is 0 Å². The number of amides is 2. The van der Waals surface area contributed by atoms with E-state index in [4.69, 9.17) is 0 Å². The number of nitrogens with zero attached hydrogens (tertiary/aromatic N) is 2. The van der Waals surface area contributed by atoms with Gasteiger partial charge in [0.1, 0.15) is 22.9 Å². The summed E-state index contributed by atoms with van der Waals surface area (Å²) in [5, 5.41) is 12.7. The summed E-state index contributed by atoms with van der Waals surface area (Å²) >= 11 is 0. The van der Waals surface area contributed by atoms with Crippen molar-refractivity contribution in [1.82, 2.24) is 14.8 Å². The number of pyridine rings is 1. The number of hydrogen-bond acceptors (Lipinski definition) is 4. The fraction of sp³-hybridized carbons (Fsp3) is 0.409. The van der Waals surface area contributed by atoms with Crippen LogP contribution in [0.2, 0.25) is 0 Å². The van der Waals surface area contributed by atoms with Gasteiger partial charge < -0.3 is 19.9 Å². The molecule has 0 radical (unpaired) electrons. The van der Waals surface area contributed by atoms with E-state index in [-0.39, 0.29) is 30.8 Å². The average molecular weight is 449 g/mol. The number of nitrogens with one attached hydrogen (secondary N) is 1. The summed E-state index contributed by atoms with van der Waals surface area (Å²) in [6, 6.07) is 1.80. The molecule has 1 fully saturated rings. The molecule has 170 valence electrons. The van der Waals surface area contributed by atoms with Crippen LogP contribution in [0.25, 0.3) is 0 Å². The molecule has 4 rings (SSSR count). The maximum atomic E-state index is 14.7. The number of carbonyl (C=O) groups is 2. The zero-order chi connectivity index (χ0) is 23.4. The second kappa shape index (κ2) is 7.68. The van der Waals surface area contributed by atoms with Crippen molar-refractivity contribution in [1.29, 1.82) is 0 Å². The molecular weight excluding hydrogens is 427 g/mol. The minimum absolute atomic E-state index is 0.154. The van der Waals surface area contributed by atoms with Crippen molar-refractivity contribution in [3.63, 3.8) is 0 Å². The number of aryl methyl sites for hydroxylation is 1. The molecule has 2 aromatic rings. The Hall–Kier alpha value is -3.30. The van der Waals surface area contributed by atoms with Gasteiger partial charge in [-0.3, -0.25) is 14.4 Å². The number of rotatable bonds is 3. The highest BCUT2D eigenvalue weighted by Gasteiger charge is 2.42. The molecule has 1 aromatic carbocycles. The smallest absolute Gasteiger partial charge is 0.274 e. The molecule has 0 spiro atoms. The Balaban J connectivity index is 1.67. The molecule has 1 aromatic heterocycles. The van der Waals surface area contributed by atoms with Crippen molar-refractivity contribution in [2.24, 2.45) is 0 Å². The van der Waals surface area contributed by atoms with Gasteiger partial charge in [-0.1, -0.05) is 0 Å². The summed E-state index contributed by atoms with van der Waals surface area (Å²) in [6.45, 7) is 2.40. The van der Waals surface area contributed by atoms with Gasteiger partial charge in [0.25, 0.3) is 11.8 Å². The van der Waals surface area contributed by atoms with Crippen molar-refractivity contribution in [2.75, 3.05) is 13.1 Å². The van der Waals surface area contributed by atoms with Crippen LogP contribution in [0, 0.1) is 18.6 Å². The highest BCUT2D eigenvalue weighted by molar-refractivity contribution is 5.99. The molecule has 7 nitrogen and oxygen atoms in total. The molecule has 1 saturated heterocycles. The van der Waals surface area contributed by atoms with E-state index >= 15 is 0 Å². The summed E-state index contributed by atoms with van der Waals surface area (Å²) in [4.78, 5) is 39.3. The zero-order valence-corrected chi connectivity index (χ0v) is 17.5. The zero-order valence-electron chi connectivity index (χ0n) is 17.5. The molecule has 32 heavy (non-hydrogen) atoms. The Morgan fingerprint density at radius 1 is 1.28 bits per heavy atom. The average Bonchev–Trinajstić information content (AvgIpc) is 2.84. The van der Waals surface area contributed by atoms with Crippen LogP contribution in [0.3, 0.4) is 0 Å². The van der Waals surface area contributed by atoms with E-state index in [0.29, 0.717) is 12.0 Å². The van der Waals surface area contributed by atoms with E-state index in [1.54, 1.807) is 0 Å². The molecule has 0 aliphatic carbocycles. The Bertz CT molecular complexity index is 1170. The minimum Gasteiger partial charge on any atom is -0.503 e. The largest absolute Gasteiger partial charge is 0.503 e. The predicted molar refractivity (Wildman–Crippen MR) is 108 cm³/mol. The first-order valence-corrected chi connectivity index (χ1v) is 10.2. The van der Waals surface area contributed by atoms with Crippen LogP contribution in [-0.2, 0) is 6.54 Å². The maximum absolute atomic E-state index is 14.7. The van der Waals surface area contributed by atoms with Crippen LogP contribution < -0.4 is 10.7 Å². The van der Waals surface area contributed by atoms with E-state index < -0.39 is 58.4 Å². The Kier molecular flexibility index (Phi) is 5.26. The minimum atomic E-state index is -1.62. The molecule has 2 unspecified atom stereocenters. The third-order valence-corrected chi connectivity index (χ3v) is 6.00. The fourth-order valence-corrected chi connectivity index (χ4v) is 4.33. The second-order valence-corrected chi connectivity index (χ2v) is 8.66. The van der Waals surface area contributed by atoms with Crippen LogP contribution in [0.15, 0.2) is 23.1 Å². The number of hydrogen-bond donors (Lipinski definition) is 2. The molecule has 3 heterocycles. The monoisotopic (exact) mass is 449 g/mol. The lowest BCUT2D eigenvalue weighted by Crippen LogP contribution is -2.47. The Labute approximate surface area is 181 Å². The van der Waals surface area contributed by atoms with Crippen molar-refractivity contribution in [2.45, 2.75) is 44.9 Å². The first-order chi connectivity index (χ1) is 15.0. The summed E-state index contributed by atoms with van der Waals surface area (Å²) in [5.74, 6) is -4.25. The molecule has 10 heteroatoms. The number of carbonyl (C=O) groups excluding carboxylic acids is 2. The molecular formula is C22H22F3N3O4. The molecule has 0 saturated carbocycles. The lowest BCUT2D eigenvalue weighted by Gasteiger charge is -2.35. The third-order valence-electron chi connectivity index (χ3n) is 6.00. The normalized spacial score (nSPS) is 22.3. The van der Waals surface area contributed by atoms with Crippen molar-refractivity contribution < 1.29 is 27.9 Å². The number of alkyl halides is 1. The van der Waals surface area contributed by atoms with Crippen molar-refractivity contribution in [3.8, 4) is 5.75 Å². The lowest BCUT2D eigenvalue weighted by molar-refractivity contribution is 0.0570. The van der Waals surface area contributed by atoms with Gasteiger partial charge in [-0.25, -0.2) is 13.2 Å². The van der Waals surface area contributed by atoms with Gasteiger partial charge in [0.05, 0.1) is 12.6 Å². The van der Waals surface area contributed by atoms with Gasteiger partial charge in [-0.05, 0) is 44.4 Å². The quantitative estimate of drug-likeness (QED) is 0.754. The van der Waals surface area contributed by atoms with Gasteiger partial charge >= 0.3 is 0 Å². The van der Waals surface area contributed by atoms with Gasteiger partial charge in [0.15, 0.2) is 11.4 Å². The first-order valence-electron chi connectivity index (χ1n) is 10.2. The second-order valence-electron chi connectivity index (χ2n) is 8.66. The highest BCUT2D eigenvalue weighted by atomic mass is 19.1. The third kappa shape index (κ3) is 3.74. The van der Waals surface area contributed by atoms with E-state index in [9.17, 15) is 32.7 Å². The SMILES string of the molecule is Cc1cc(F)c(CNC(=O)c2cn3c(c(O)c2=O)C(=O)N2CC3CCC(C)(F)C2)c(F)c1. The van der Waals surface area contributed by atoms with Crippen LogP contribution in [-0.4, -0.2) is 45.1 Å². The summed E-state index contributed by atoms with van der Waals surface area (Å²) in [5.41, 5.74) is -3.48. The van der Waals surface area contributed by atoms with Crippen molar-refractivity contribution >= 4 is 11.8 Å². The number of aromatic hydroxyl groups is 1. The number of fused-ring (bicyclic) bond motifs is 4. The first kappa shape index (κ1) is 21.9. The van der Waals surface area contributed by atoms with Gasteiger partial charge in [-0.2, -0.15) is 0 Å². The van der Waals surface area contributed by atoms with Crippen molar-refractivity contribution in [3.05, 3.63) is 62.6 Å². The number of aromatic nitrogens is 1. The number of benzene rings is 1. The van der Waals surface area contributed by atoms with E-state index in [0.717, 1.165) is 18.3 Å². The van der Waals surface area contributed by atoms with Gasteiger partial charge in [-0.15, -0.1) is 0 Å². The Morgan fingerprint density at radius 3 is 2.59 bits per heavy atom. The topological polar surface area (TPSA) is 91.6 Å². The molecule has 2 amide bonds. The van der Waals surface area contributed by atoms with E-state index in [2.05, 4.69) is 5.32 Å². The van der Waals surface area contributed by atoms with E-state index in [1.807, 2.05) is 0 Å². The predicted octanol–water partition coefficient (Wildman–Crippen LogP) is 2.59. The summed E-state index contributed by atoms with van der Waals surface area (Å²) < 4.78 is 44.1. The van der Waals surface area contributed by atoms with Crippen LogP contribution in [0.1, 0.15) is 57.8 Å². The maximum Gasteiger partial charge on any atom is 0.274 e. The Morgan fingerprint density at radius 2 is 1.94 bits per heavy atom. The molecule has 2 aliphatic heterocycles. The van der Waals surface area contributed by atoms with Crippen LogP contribution in [0.4, 0.5) is 13.2 Å². The number of halogens is 3. The standard InChI is InChI=1S/C22H22F3N3O4/c1-11-5-15(23)13(16(24)6-11)7-26-20(31)14-9-28-12-3-4-22(2,25)10-27(8-12)21(32)17(28)19(30)18(14)29/h5-6,9,12,30H,3-4,7-8,10H2,1-2H3,(H,26,31). The van der Waals surface area contributed by atoms with E-state index in [1.165, 1.54) is 23.3 Å². The summed E-state index contributed by atoms with van der Waals surface area (Å²) in [6.07, 6.45) is 1.63. The lowest BCUT2D eigenvalue weighted by atomic mass is 10.0. The molecule has 2 bridgehead atoms. The molecule has 2 N–H and O–H groups in total. The molecule has 2 aliphatic rings. The fourth-order valence-electron chi connectivity index (χ4n) is 4.33. The van der Waals surface area contributed by atoms with Gasteiger partial charge in [0, 0.05) is 24.8 Å². The molecule has 2 atom stereocenters. The van der Waals surface area contributed by atoms with Gasteiger partial charge in [0.2, 0.25) is 5.43 Å². The summed E-state index contributed by atoms with van der Waals surface area (Å²) in [7, 11) is 0. The van der Waals surface area contributed by atoms with Crippen LogP contribution in [0.5, 0.6) is 5.75 Å².